The van der Waals surface area contributed by atoms with Crippen molar-refractivity contribution in [1.29, 1.82) is 0 Å². The molecule has 3 aromatic carbocycles. The van der Waals surface area contributed by atoms with E-state index in [-0.39, 0.29) is 0 Å². The summed E-state index contributed by atoms with van der Waals surface area (Å²) in [5.41, 5.74) is 7.06. The van der Waals surface area contributed by atoms with Crippen molar-refractivity contribution in [2.45, 2.75) is 19.8 Å². The average Bonchev–Trinajstić information content (AvgIpc) is 3.60. The van der Waals surface area contributed by atoms with Gasteiger partial charge in [0.2, 0.25) is 11.2 Å². The van der Waals surface area contributed by atoms with E-state index < -0.39 is 5.92 Å². The number of rotatable bonds is 5. The molecule has 43 heavy (non-hydrogen) atoms. The van der Waals surface area contributed by atoms with Crippen LogP contribution in [0.15, 0.2) is 100 Å². The standard InChI is InChI=1S/C33H22Cl2N4O4/c1-18-30-32(42-36-18)28(25(16-38(30)40)20-8-12-23(34)13-9-20)27(22-6-4-3-5-7-22)29-26(21-10-14-24(35)15-11-21)17-39(41)31-19(2)37-43-33(29)31/h3-17,27H,1-2H3. The summed E-state index contributed by atoms with van der Waals surface area (Å²) in [5, 5.41) is 36.4. The highest BCUT2D eigenvalue weighted by atomic mass is 35.5. The van der Waals surface area contributed by atoms with Gasteiger partial charge in [-0.05, 0) is 54.8 Å². The number of benzene rings is 3. The summed E-state index contributed by atoms with van der Waals surface area (Å²) in [5.74, 6) is -0.607. The third-order valence-corrected chi connectivity index (χ3v) is 8.19. The van der Waals surface area contributed by atoms with Crippen LogP contribution in [0.25, 0.3) is 44.5 Å². The lowest BCUT2D eigenvalue weighted by Gasteiger charge is -2.23. The molecular formula is C33H22Cl2N4O4. The van der Waals surface area contributed by atoms with Crippen LogP contribution in [0.5, 0.6) is 0 Å². The van der Waals surface area contributed by atoms with Gasteiger partial charge in [-0.15, -0.1) is 0 Å². The quantitative estimate of drug-likeness (QED) is 0.146. The fourth-order valence-corrected chi connectivity index (χ4v) is 6.02. The number of halogens is 2. The molecule has 0 aliphatic heterocycles. The first kappa shape index (κ1) is 26.9. The van der Waals surface area contributed by atoms with Gasteiger partial charge in [-0.1, -0.05) is 88.1 Å². The van der Waals surface area contributed by atoms with E-state index in [2.05, 4.69) is 10.3 Å². The van der Waals surface area contributed by atoms with Crippen LogP contribution in [-0.2, 0) is 0 Å². The summed E-state index contributed by atoms with van der Waals surface area (Å²) in [6.07, 6.45) is 3.06. The van der Waals surface area contributed by atoms with Crippen LogP contribution in [0, 0.1) is 24.3 Å². The highest BCUT2D eigenvalue weighted by Gasteiger charge is 2.36. The molecule has 4 aromatic heterocycles. The molecule has 0 N–H and O–H groups in total. The Morgan fingerprint density at radius 2 is 1.05 bits per heavy atom. The van der Waals surface area contributed by atoms with Gasteiger partial charge in [-0.3, -0.25) is 0 Å². The van der Waals surface area contributed by atoms with Crippen molar-refractivity contribution in [1.82, 2.24) is 10.3 Å². The Bertz CT molecular complexity index is 2010. The number of hydrogen-bond donors (Lipinski definition) is 0. The smallest absolute Gasteiger partial charge is 0.287 e. The molecule has 10 heteroatoms. The Hall–Kier alpha value is -4.92. The molecule has 0 amide bonds. The molecular weight excluding hydrogens is 587 g/mol. The van der Waals surface area contributed by atoms with Crippen LogP contribution in [0.2, 0.25) is 10.0 Å². The maximum atomic E-state index is 13.5. The fourth-order valence-electron chi connectivity index (χ4n) is 5.76. The van der Waals surface area contributed by atoms with E-state index in [0.29, 0.717) is 65.9 Å². The van der Waals surface area contributed by atoms with Crippen LogP contribution in [0.1, 0.15) is 34.0 Å². The lowest BCUT2D eigenvalue weighted by atomic mass is 9.78. The molecule has 0 atom stereocenters. The van der Waals surface area contributed by atoms with E-state index in [1.165, 1.54) is 12.4 Å². The van der Waals surface area contributed by atoms with Gasteiger partial charge in [0, 0.05) is 27.1 Å². The Balaban J connectivity index is 1.68. The number of fused-ring (bicyclic) bond motifs is 2. The first-order chi connectivity index (χ1) is 20.8. The molecule has 8 nitrogen and oxygen atoms in total. The summed E-state index contributed by atoms with van der Waals surface area (Å²) < 4.78 is 13.4. The average molecular weight is 609 g/mol. The molecule has 0 aliphatic carbocycles. The first-order valence-corrected chi connectivity index (χ1v) is 14.2. The largest absolute Gasteiger partial charge is 0.618 e. The van der Waals surface area contributed by atoms with Gasteiger partial charge in [-0.2, -0.15) is 9.46 Å². The second-order valence-electron chi connectivity index (χ2n) is 10.3. The van der Waals surface area contributed by atoms with Gasteiger partial charge >= 0.3 is 0 Å². The van der Waals surface area contributed by atoms with Crippen LogP contribution < -0.4 is 9.46 Å². The molecule has 0 unspecified atom stereocenters. The SMILES string of the molecule is Cc1noc2c(C(c3ccccc3)c3c(-c4ccc(Cl)cc4)c[n+]([O-])c4c(C)noc34)c(-c3ccc(Cl)cc3)c[n+]([O-])c12. The Morgan fingerprint density at radius 3 is 1.47 bits per heavy atom. The van der Waals surface area contributed by atoms with Gasteiger partial charge in [-0.25, -0.2) is 0 Å². The summed E-state index contributed by atoms with van der Waals surface area (Å²) in [6.45, 7) is 3.45. The van der Waals surface area contributed by atoms with Crippen molar-refractivity contribution in [3.8, 4) is 22.3 Å². The fraction of sp³-hybridized carbons (Fsp3) is 0.0909. The molecule has 0 radical (unpaired) electrons. The van der Waals surface area contributed by atoms with Crippen molar-refractivity contribution < 1.29 is 18.5 Å². The Labute approximate surface area is 255 Å². The second-order valence-corrected chi connectivity index (χ2v) is 11.2. The summed E-state index contributed by atoms with van der Waals surface area (Å²) >= 11 is 12.5. The molecule has 0 spiro atoms. The van der Waals surface area contributed by atoms with E-state index in [0.717, 1.165) is 26.2 Å². The van der Waals surface area contributed by atoms with Crippen molar-refractivity contribution in [2.24, 2.45) is 0 Å². The van der Waals surface area contributed by atoms with E-state index in [4.69, 9.17) is 32.2 Å². The minimum atomic E-state index is -0.607. The van der Waals surface area contributed by atoms with Crippen LogP contribution in [0.4, 0.5) is 0 Å². The number of aryl methyl sites for hydroxylation is 2. The molecule has 0 aliphatic rings. The van der Waals surface area contributed by atoms with Crippen molar-refractivity contribution in [3.63, 3.8) is 0 Å². The molecule has 0 bridgehead atoms. The predicted molar refractivity (Wildman–Crippen MR) is 164 cm³/mol. The van der Waals surface area contributed by atoms with Gasteiger partial charge in [0.25, 0.3) is 11.0 Å². The van der Waals surface area contributed by atoms with E-state index in [9.17, 15) is 10.4 Å². The van der Waals surface area contributed by atoms with Crippen LogP contribution >= 0.6 is 23.2 Å². The summed E-state index contributed by atoms with van der Waals surface area (Å²) in [6, 6.07) is 24.2. The number of nitrogens with zero attached hydrogens (tertiary/aromatic N) is 4. The second kappa shape index (κ2) is 10.4. The van der Waals surface area contributed by atoms with Crippen molar-refractivity contribution in [2.75, 3.05) is 0 Å². The lowest BCUT2D eigenvalue weighted by molar-refractivity contribution is -0.576. The number of hydrogen-bond acceptors (Lipinski definition) is 6. The summed E-state index contributed by atoms with van der Waals surface area (Å²) in [4.78, 5) is 0. The third-order valence-electron chi connectivity index (χ3n) is 7.69. The minimum absolute atomic E-state index is 0.307. The van der Waals surface area contributed by atoms with E-state index in [1.807, 2.05) is 54.6 Å². The Morgan fingerprint density at radius 1 is 0.628 bits per heavy atom. The molecule has 0 fully saturated rings. The lowest BCUT2D eigenvalue weighted by Crippen LogP contribution is -2.29. The molecule has 212 valence electrons. The van der Waals surface area contributed by atoms with E-state index in [1.54, 1.807) is 38.1 Å². The van der Waals surface area contributed by atoms with Crippen LogP contribution in [-0.4, -0.2) is 10.3 Å². The molecule has 7 rings (SSSR count). The number of pyridine rings is 2. The normalized spacial score (nSPS) is 11.7. The zero-order chi connectivity index (χ0) is 29.8. The minimum Gasteiger partial charge on any atom is -0.618 e. The van der Waals surface area contributed by atoms with Gasteiger partial charge in [0.05, 0.1) is 11.1 Å². The Kier molecular flexibility index (Phi) is 6.53. The predicted octanol–water partition coefficient (Wildman–Crippen LogP) is 7.67. The molecule has 0 saturated heterocycles. The molecule has 4 heterocycles. The van der Waals surface area contributed by atoms with Crippen molar-refractivity contribution >= 4 is 45.4 Å². The number of aromatic nitrogens is 4. The molecule has 0 saturated carbocycles. The van der Waals surface area contributed by atoms with Gasteiger partial charge in [0.15, 0.2) is 23.8 Å². The van der Waals surface area contributed by atoms with E-state index >= 15 is 0 Å². The van der Waals surface area contributed by atoms with Crippen molar-refractivity contribution in [3.05, 3.63) is 140 Å². The van der Waals surface area contributed by atoms with Gasteiger partial charge in [0.1, 0.15) is 0 Å². The topological polar surface area (TPSA) is 106 Å². The zero-order valence-corrected chi connectivity index (χ0v) is 24.4. The molecule has 7 aromatic rings. The highest BCUT2D eigenvalue weighted by Crippen LogP contribution is 2.47. The first-order valence-electron chi connectivity index (χ1n) is 13.4. The van der Waals surface area contributed by atoms with Crippen LogP contribution in [0.3, 0.4) is 0 Å². The maximum Gasteiger partial charge on any atom is 0.287 e. The monoisotopic (exact) mass is 608 g/mol. The summed E-state index contributed by atoms with van der Waals surface area (Å²) in [7, 11) is 0. The highest BCUT2D eigenvalue weighted by molar-refractivity contribution is 6.31. The third kappa shape index (κ3) is 4.47. The maximum absolute atomic E-state index is 13.5. The zero-order valence-electron chi connectivity index (χ0n) is 22.9. The van der Waals surface area contributed by atoms with Gasteiger partial charge < -0.3 is 19.5 Å².